The van der Waals surface area contributed by atoms with E-state index in [2.05, 4.69) is 10.3 Å². The first-order valence-corrected chi connectivity index (χ1v) is 12.2. The molecule has 2 aromatic carbocycles. The van der Waals surface area contributed by atoms with Gasteiger partial charge in [-0.25, -0.2) is 9.48 Å². The highest BCUT2D eigenvalue weighted by Gasteiger charge is 2.25. The Bertz CT molecular complexity index is 1160. The van der Waals surface area contributed by atoms with Crippen molar-refractivity contribution in [1.29, 1.82) is 0 Å². The number of carboxylic acids is 1. The fourth-order valence-electron chi connectivity index (χ4n) is 4.56. The maximum Gasteiger partial charge on any atom is 0.410 e. The first kappa shape index (κ1) is 25.2. The summed E-state index contributed by atoms with van der Waals surface area (Å²) in [5.41, 5.74) is 3.26. The molecule has 0 aliphatic heterocycles. The van der Waals surface area contributed by atoms with Gasteiger partial charge in [-0.05, 0) is 61.4 Å². The summed E-state index contributed by atoms with van der Waals surface area (Å²) in [5.74, 6) is 0.158. The van der Waals surface area contributed by atoms with Crippen LogP contribution in [0.3, 0.4) is 0 Å². The quantitative estimate of drug-likeness (QED) is 0.463. The van der Waals surface area contributed by atoms with Crippen LogP contribution in [0.1, 0.15) is 43.4 Å². The van der Waals surface area contributed by atoms with Crippen LogP contribution >= 0.6 is 0 Å². The minimum absolute atomic E-state index is 0.0246. The van der Waals surface area contributed by atoms with Gasteiger partial charge < -0.3 is 19.5 Å². The highest BCUT2D eigenvalue weighted by Crippen LogP contribution is 2.31. The van der Waals surface area contributed by atoms with Gasteiger partial charge in [-0.2, -0.15) is 0 Å². The molecule has 1 N–H and O–H groups in total. The third-order valence-corrected chi connectivity index (χ3v) is 6.48. The van der Waals surface area contributed by atoms with Crippen molar-refractivity contribution < 1.29 is 24.2 Å². The van der Waals surface area contributed by atoms with Crippen LogP contribution < -0.4 is 4.74 Å². The van der Waals surface area contributed by atoms with Crippen molar-refractivity contribution in [3.63, 3.8) is 0 Å². The van der Waals surface area contributed by atoms with Gasteiger partial charge in [-0.15, -0.1) is 5.10 Å². The van der Waals surface area contributed by atoms with E-state index in [9.17, 15) is 9.59 Å². The summed E-state index contributed by atoms with van der Waals surface area (Å²) in [6, 6.07) is 17.2. The van der Waals surface area contributed by atoms with Gasteiger partial charge in [-0.3, -0.25) is 4.79 Å². The van der Waals surface area contributed by atoms with E-state index in [0.29, 0.717) is 5.69 Å². The lowest BCUT2D eigenvalue weighted by atomic mass is 9.85. The molecule has 1 saturated carbocycles. The second-order valence-corrected chi connectivity index (χ2v) is 9.30. The van der Waals surface area contributed by atoms with Crippen molar-refractivity contribution in [3.05, 3.63) is 65.9 Å². The number of benzene rings is 2. The molecule has 9 heteroatoms. The maximum absolute atomic E-state index is 12.5. The number of carbonyl (C=O) groups is 2. The summed E-state index contributed by atoms with van der Waals surface area (Å²) in [6.45, 7) is 0.498. The Morgan fingerprint density at radius 1 is 1.11 bits per heavy atom. The van der Waals surface area contributed by atoms with Crippen LogP contribution in [-0.2, 0) is 29.7 Å². The maximum atomic E-state index is 12.5. The number of carboxylic acid groups (broad SMARTS) is 1. The first-order valence-electron chi connectivity index (χ1n) is 12.2. The average molecular weight is 493 g/mol. The van der Waals surface area contributed by atoms with Crippen molar-refractivity contribution in [1.82, 2.24) is 19.9 Å². The number of rotatable bonds is 9. The molecule has 1 aromatic heterocycles. The average Bonchev–Trinajstić information content (AvgIpc) is 3.23. The lowest BCUT2D eigenvalue weighted by molar-refractivity contribution is -0.138. The Labute approximate surface area is 210 Å². The molecule has 1 fully saturated rings. The Kier molecular flexibility index (Phi) is 8.20. The predicted octanol–water partition coefficient (Wildman–Crippen LogP) is 4.66. The number of carbonyl (C=O) groups excluding carboxylic acids is 1. The molecule has 4 rings (SSSR count). The van der Waals surface area contributed by atoms with Crippen LogP contribution in [0.5, 0.6) is 5.75 Å². The van der Waals surface area contributed by atoms with E-state index in [1.807, 2.05) is 54.6 Å². The molecule has 0 unspecified atom stereocenters. The molecule has 190 valence electrons. The molecule has 0 spiro atoms. The first-order chi connectivity index (χ1) is 17.4. The highest BCUT2D eigenvalue weighted by atomic mass is 16.6. The van der Waals surface area contributed by atoms with Gasteiger partial charge in [-0.1, -0.05) is 35.5 Å². The van der Waals surface area contributed by atoms with Crippen LogP contribution in [0, 0.1) is 5.92 Å². The van der Waals surface area contributed by atoms with Crippen molar-refractivity contribution in [2.75, 3.05) is 7.05 Å². The zero-order chi connectivity index (χ0) is 25.5. The highest BCUT2D eigenvalue weighted by molar-refractivity contribution is 5.68. The number of amides is 1. The van der Waals surface area contributed by atoms with E-state index >= 15 is 0 Å². The zero-order valence-electron chi connectivity index (χ0n) is 20.7. The molecular formula is C27H32N4O5. The number of ether oxygens (including phenoxy) is 2. The standard InChI is InChI=1S/C27H32N4O5/c1-30(27(34)35-18-19-7-4-3-5-8-19)17-24-26(28-29-31(24)2)21-11-13-22(14-12-21)36-23-10-6-9-20(15-23)16-25(32)33/h3-5,7-8,11-14,20,23H,6,9-10,15-18H2,1-2H3,(H,32,33)/t20-,23-/m0/s1. The van der Waals surface area contributed by atoms with Gasteiger partial charge >= 0.3 is 12.1 Å². The summed E-state index contributed by atoms with van der Waals surface area (Å²) in [4.78, 5) is 25.1. The molecule has 1 aliphatic rings. The number of aliphatic carboxylic acids is 1. The smallest absolute Gasteiger partial charge is 0.410 e. The largest absolute Gasteiger partial charge is 0.490 e. The van der Waals surface area contributed by atoms with Gasteiger partial charge in [0.25, 0.3) is 0 Å². The minimum atomic E-state index is -0.750. The van der Waals surface area contributed by atoms with Gasteiger partial charge in [0.1, 0.15) is 18.1 Å². The summed E-state index contributed by atoms with van der Waals surface area (Å²) in [6.07, 6.45) is 3.40. The summed E-state index contributed by atoms with van der Waals surface area (Å²) >= 11 is 0. The number of hydrogen-bond acceptors (Lipinski definition) is 6. The minimum Gasteiger partial charge on any atom is -0.490 e. The molecule has 9 nitrogen and oxygen atoms in total. The SMILES string of the molecule is CN(Cc1c(-c2ccc(O[C@H]3CCC[C@H](CC(=O)O)C3)cc2)nnn1C)C(=O)OCc1ccccc1. The molecule has 0 bridgehead atoms. The predicted molar refractivity (Wildman–Crippen MR) is 133 cm³/mol. The van der Waals surface area contributed by atoms with Gasteiger partial charge in [0, 0.05) is 26.1 Å². The van der Waals surface area contributed by atoms with E-state index in [1.165, 1.54) is 4.90 Å². The molecule has 1 aliphatic carbocycles. The van der Waals surface area contributed by atoms with E-state index in [0.717, 1.165) is 48.3 Å². The fraction of sp³-hybridized carbons (Fsp3) is 0.407. The van der Waals surface area contributed by atoms with Gasteiger partial charge in [0.15, 0.2) is 0 Å². The van der Waals surface area contributed by atoms with Crippen LogP contribution in [-0.4, -0.2) is 50.2 Å². The Morgan fingerprint density at radius 3 is 2.58 bits per heavy atom. The number of nitrogens with zero attached hydrogens (tertiary/aromatic N) is 4. The normalized spacial score (nSPS) is 17.4. The number of aryl methyl sites for hydroxylation is 1. The van der Waals surface area contributed by atoms with Crippen LogP contribution in [0.15, 0.2) is 54.6 Å². The van der Waals surface area contributed by atoms with Crippen LogP contribution in [0.4, 0.5) is 4.79 Å². The van der Waals surface area contributed by atoms with Crippen molar-refractivity contribution in [3.8, 4) is 17.0 Å². The van der Waals surface area contributed by atoms with E-state index in [1.54, 1.807) is 18.8 Å². The Balaban J connectivity index is 1.37. The fourth-order valence-corrected chi connectivity index (χ4v) is 4.56. The van der Waals surface area contributed by atoms with Crippen molar-refractivity contribution in [2.24, 2.45) is 13.0 Å². The van der Waals surface area contributed by atoms with Crippen LogP contribution in [0.2, 0.25) is 0 Å². The monoisotopic (exact) mass is 492 g/mol. The molecule has 3 aromatic rings. The molecule has 2 atom stereocenters. The molecule has 1 heterocycles. The molecule has 36 heavy (non-hydrogen) atoms. The van der Waals surface area contributed by atoms with Crippen molar-refractivity contribution >= 4 is 12.1 Å². The summed E-state index contributed by atoms with van der Waals surface area (Å²) < 4.78 is 13.2. The third kappa shape index (κ3) is 6.62. The topological polar surface area (TPSA) is 107 Å². The number of hydrogen-bond donors (Lipinski definition) is 1. The third-order valence-electron chi connectivity index (χ3n) is 6.48. The lowest BCUT2D eigenvalue weighted by Crippen LogP contribution is -2.28. The molecule has 1 amide bonds. The van der Waals surface area contributed by atoms with Gasteiger partial charge in [0.2, 0.25) is 0 Å². The molecule has 0 radical (unpaired) electrons. The van der Waals surface area contributed by atoms with E-state index in [-0.39, 0.29) is 31.6 Å². The zero-order valence-corrected chi connectivity index (χ0v) is 20.7. The number of aromatic nitrogens is 3. The summed E-state index contributed by atoms with van der Waals surface area (Å²) in [7, 11) is 3.48. The Hall–Kier alpha value is -3.88. The van der Waals surface area contributed by atoms with E-state index < -0.39 is 12.1 Å². The van der Waals surface area contributed by atoms with Gasteiger partial charge in [0.05, 0.1) is 18.3 Å². The molecular weight excluding hydrogens is 460 g/mol. The van der Waals surface area contributed by atoms with Crippen molar-refractivity contribution in [2.45, 2.75) is 51.4 Å². The second kappa shape index (κ2) is 11.7. The second-order valence-electron chi connectivity index (χ2n) is 9.30. The molecule has 0 saturated heterocycles. The van der Waals surface area contributed by atoms with E-state index in [4.69, 9.17) is 14.6 Å². The Morgan fingerprint density at radius 2 is 1.86 bits per heavy atom. The lowest BCUT2D eigenvalue weighted by Gasteiger charge is -2.28. The van der Waals surface area contributed by atoms with Crippen LogP contribution in [0.25, 0.3) is 11.3 Å². The summed E-state index contributed by atoms with van der Waals surface area (Å²) in [5, 5.41) is 17.5.